The first-order chi connectivity index (χ1) is 13.3. The number of carbonyl (C=O) groups excluding carboxylic acids is 1. The predicted octanol–water partition coefficient (Wildman–Crippen LogP) is 5.70. The topological polar surface area (TPSA) is 46.5 Å². The Morgan fingerprint density at radius 1 is 1.14 bits per heavy atom. The van der Waals surface area contributed by atoms with Gasteiger partial charge in [0.1, 0.15) is 6.10 Å². The van der Waals surface area contributed by atoms with Gasteiger partial charge in [-0.3, -0.25) is 0 Å². The first-order valence-electron chi connectivity index (χ1n) is 9.98. The SMILES string of the molecule is C[C@@H]1CC[C@@H](C(C)(C)c2ccccc2)[C@H](OC(=O)[C@@H](O)c2cccc(Cl)c2)C1. The van der Waals surface area contributed by atoms with Crippen molar-refractivity contribution in [3.05, 3.63) is 70.7 Å². The summed E-state index contributed by atoms with van der Waals surface area (Å²) in [7, 11) is 0. The lowest BCUT2D eigenvalue weighted by atomic mass is 9.64. The van der Waals surface area contributed by atoms with Crippen LogP contribution in [0.15, 0.2) is 54.6 Å². The molecule has 0 amide bonds. The zero-order valence-electron chi connectivity index (χ0n) is 16.8. The number of halogens is 1. The normalized spacial score (nSPS) is 23.8. The van der Waals surface area contributed by atoms with Crippen LogP contribution in [0.3, 0.4) is 0 Å². The van der Waals surface area contributed by atoms with Crippen LogP contribution in [0.4, 0.5) is 0 Å². The van der Waals surface area contributed by atoms with Gasteiger partial charge in [0.25, 0.3) is 0 Å². The molecular weight excluding hydrogens is 372 g/mol. The van der Waals surface area contributed by atoms with E-state index in [9.17, 15) is 9.90 Å². The summed E-state index contributed by atoms with van der Waals surface area (Å²) in [6.07, 6.45) is 1.38. The number of ether oxygens (including phenoxy) is 1. The Hall–Kier alpha value is -1.84. The van der Waals surface area contributed by atoms with Gasteiger partial charge in [-0.25, -0.2) is 4.79 Å². The molecule has 2 aromatic carbocycles. The maximum atomic E-state index is 12.7. The summed E-state index contributed by atoms with van der Waals surface area (Å²) >= 11 is 5.99. The van der Waals surface area contributed by atoms with Gasteiger partial charge in [0.2, 0.25) is 0 Å². The van der Waals surface area contributed by atoms with Gasteiger partial charge in [-0.1, -0.05) is 81.3 Å². The molecule has 28 heavy (non-hydrogen) atoms. The minimum Gasteiger partial charge on any atom is -0.460 e. The summed E-state index contributed by atoms with van der Waals surface area (Å²) in [6, 6.07) is 17.1. The van der Waals surface area contributed by atoms with E-state index in [1.165, 1.54) is 5.56 Å². The minimum absolute atomic E-state index is 0.132. The van der Waals surface area contributed by atoms with Crippen molar-refractivity contribution in [2.75, 3.05) is 0 Å². The molecule has 1 saturated carbocycles. The van der Waals surface area contributed by atoms with E-state index >= 15 is 0 Å². The third-order valence-corrected chi connectivity index (χ3v) is 6.39. The van der Waals surface area contributed by atoms with Crippen LogP contribution in [0, 0.1) is 11.8 Å². The van der Waals surface area contributed by atoms with Gasteiger partial charge in [0, 0.05) is 10.9 Å². The van der Waals surface area contributed by atoms with Crippen LogP contribution in [-0.2, 0) is 14.9 Å². The Labute approximate surface area is 172 Å². The zero-order valence-corrected chi connectivity index (χ0v) is 17.5. The molecule has 0 saturated heterocycles. The van der Waals surface area contributed by atoms with Crippen molar-refractivity contribution in [2.45, 2.75) is 57.7 Å². The highest BCUT2D eigenvalue weighted by molar-refractivity contribution is 6.30. The Balaban J connectivity index is 1.80. The molecular formula is C24H29ClO3. The van der Waals surface area contributed by atoms with Crippen LogP contribution < -0.4 is 0 Å². The van der Waals surface area contributed by atoms with E-state index in [1.54, 1.807) is 24.3 Å². The minimum atomic E-state index is -1.32. The van der Waals surface area contributed by atoms with E-state index in [0.717, 1.165) is 19.3 Å². The number of aliphatic hydroxyl groups is 1. The molecule has 0 aromatic heterocycles. The number of benzene rings is 2. The maximum absolute atomic E-state index is 12.7. The summed E-state index contributed by atoms with van der Waals surface area (Å²) in [5.41, 5.74) is 1.57. The highest BCUT2D eigenvalue weighted by Crippen LogP contribution is 2.44. The van der Waals surface area contributed by atoms with Gasteiger partial charge in [-0.2, -0.15) is 0 Å². The molecule has 150 valence electrons. The van der Waals surface area contributed by atoms with E-state index in [1.807, 2.05) is 18.2 Å². The molecule has 4 atom stereocenters. The molecule has 1 aliphatic rings. The number of hydrogen-bond donors (Lipinski definition) is 1. The summed E-state index contributed by atoms with van der Waals surface area (Å²) in [5, 5.41) is 11.0. The Kier molecular flexibility index (Phi) is 6.47. The number of rotatable bonds is 5. The fraction of sp³-hybridized carbons (Fsp3) is 0.458. The van der Waals surface area contributed by atoms with Crippen molar-refractivity contribution in [3.8, 4) is 0 Å². The second-order valence-corrected chi connectivity index (χ2v) is 8.98. The van der Waals surface area contributed by atoms with E-state index in [-0.39, 0.29) is 17.4 Å². The third kappa shape index (κ3) is 4.59. The van der Waals surface area contributed by atoms with Crippen LogP contribution in [0.2, 0.25) is 5.02 Å². The Bertz CT molecular complexity index is 803. The van der Waals surface area contributed by atoms with Crippen molar-refractivity contribution >= 4 is 17.6 Å². The van der Waals surface area contributed by atoms with Crippen LogP contribution >= 0.6 is 11.6 Å². The maximum Gasteiger partial charge on any atom is 0.339 e. The fourth-order valence-corrected chi connectivity index (χ4v) is 4.59. The average molecular weight is 401 g/mol. The molecule has 1 fully saturated rings. The average Bonchev–Trinajstić information content (AvgIpc) is 2.68. The summed E-state index contributed by atoms with van der Waals surface area (Å²) in [6.45, 7) is 6.63. The van der Waals surface area contributed by atoms with Crippen molar-refractivity contribution in [1.82, 2.24) is 0 Å². The van der Waals surface area contributed by atoms with Crippen molar-refractivity contribution in [1.29, 1.82) is 0 Å². The molecule has 4 heteroatoms. The first-order valence-corrected chi connectivity index (χ1v) is 10.4. The van der Waals surface area contributed by atoms with Crippen LogP contribution in [-0.4, -0.2) is 17.2 Å². The summed E-state index contributed by atoms with van der Waals surface area (Å²) < 4.78 is 5.91. The van der Waals surface area contributed by atoms with Gasteiger partial charge in [-0.15, -0.1) is 0 Å². The quantitative estimate of drug-likeness (QED) is 0.655. The number of carbonyl (C=O) groups is 1. The number of hydrogen-bond acceptors (Lipinski definition) is 3. The second-order valence-electron chi connectivity index (χ2n) is 8.55. The molecule has 0 heterocycles. The van der Waals surface area contributed by atoms with Crippen LogP contribution in [0.25, 0.3) is 0 Å². The molecule has 0 aliphatic heterocycles. The zero-order chi connectivity index (χ0) is 20.3. The molecule has 2 aromatic rings. The van der Waals surface area contributed by atoms with Gasteiger partial charge >= 0.3 is 5.97 Å². The van der Waals surface area contributed by atoms with Gasteiger partial charge in [0.05, 0.1) is 0 Å². The van der Waals surface area contributed by atoms with Gasteiger partial charge in [0.15, 0.2) is 6.10 Å². The van der Waals surface area contributed by atoms with Crippen molar-refractivity contribution in [2.24, 2.45) is 11.8 Å². The third-order valence-electron chi connectivity index (χ3n) is 6.15. The van der Waals surface area contributed by atoms with Gasteiger partial charge in [-0.05, 0) is 47.4 Å². The predicted molar refractivity (Wildman–Crippen MR) is 112 cm³/mol. The van der Waals surface area contributed by atoms with Crippen molar-refractivity contribution in [3.63, 3.8) is 0 Å². The van der Waals surface area contributed by atoms with Gasteiger partial charge < -0.3 is 9.84 Å². The largest absolute Gasteiger partial charge is 0.460 e. The highest BCUT2D eigenvalue weighted by Gasteiger charge is 2.42. The standard InChI is InChI=1S/C24H29ClO3/c1-16-12-13-20(24(2,3)18-9-5-4-6-10-18)21(14-16)28-23(27)22(26)17-8-7-11-19(25)15-17/h4-11,15-16,20-22,26H,12-14H2,1-3H3/t16-,20-,21-,22+/m1/s1. The van der Waals surface area contributed by atoms with Crippen LogP contribution in [0.1, 0.15) is 57.3 Å². The smallest absolute Gasteiger partial charge is 0.339 e. The number of esters is 1. The summed E-state index contributed by atoms with van der Waals surface area (Å²) in [5.74, 6) is 0.0841. The lowest BCUT2D eigenvalue weighted by Crippen LogP contribution is -2.44. The lowest BCUT2D eigenvalue weighted by Gasteiger charge is -2.44. The molecule has 3 rings (SSSR count). The molecule has 0 spiro atoms. The molecule has 0 bridgehead atoms. The highest BCUT2D eigenvalue weighted by atomic mass is 35.5. The monoisotopic (exact) mass is 400 g/mol. The molecule has 3 nitrogen and oxygen atoms in total. The number of aliphatic hydroxyl groups excluding tert-OH is 1. The molecule has 1 aliphatic carbocycles. The van der Waals surface area contributed by atoms with Crippen molar-refractivity contribution < 1.29 is 14.6 Å². The second kappa shape index (κ2) is 8.67. The molecule has 0 radical (unpaired) electrons. The van der Waals surface area contributed by atoms with E-state index < -0.39 is 12.1 Å². The molecule has 0 unspecified atom stereocenters. The Morgan fingerprint density at radius 2 is 1.86 bits per heavy atom. The lowest BCUT2D eigenvalue weighted by molar-refractivity contribution is -0.167. The van der Waals surface area contributed by atoms with E-state index in [4.69, 9.17) is 16.3 Å². The van der Waals surface area contributed by atoms with E-state index in [0.29, 0.717) is 16.5 Å². The fourth-order valence-electron chi connectivity index (χ4n) is 4.39. The summed E-state index contributed by atoms with van der Waals surface area (Å²) in [4.78, 5) is 12.7. The Morgan fingerprint density at radius 3 is 2.54 bits per heavy atom. The molecule has 1 N–H and O–H groups in total. The van der Waals surface area contributed by atoms with E-state index in [2.05, 4.69) is 32.9 Å². The van der Waals surface area contributed by atoms with Crippen LogP contribution in [0.5, 0.6) is 0 Å². The first kappa shape index (κ1) is 20.9.